The predicted octanol–water partition coefficient (Wildman–Crippen LogP) is 3.96. The second-order valence-corrected chi connectivity index (χ2v) is 5.97. The summed E-state index contributed by atoms with van der Waals surface area (Å²) in [5.74, 6) is 0.951. The number of furan rings is 1. The Morgan fingerprint density at radius 2 is 2.21 bits per heavy atom. The average molecular weight is 315 g/mol. The van der Waals surface area contributed by atoms with Crippen LogP contribution in [0.5, 0.6) is 0 Å². The van der Waals surface area contributed by atoms with Gasteiger partial charge in [0.05, 0.1) is 10.2 Å². The third-order valence-corrected chi connectivity index (χ3v) is 3.83. The molecule has 0 amide bonds. The van der Waals surface area contributed by atoms with Crippen LogP contribution in [0.4, 0.5) is 0 Å². The van der Waals surface area contributed by atoms with Crippen molar-refractivity contribution in [3.8, 4) is 0 Å². The summed E-state index contributed by atoms with van der Waals surface area (Å²) >= 11 is 3.95. The van der Waals surface area contributed by atoms with E-state index in [0.717, 1.165) is 25.3 Å². The fourth-order valence-corrected chi connectivity index (χ4v) is 3.26. The highest BCUT2D eigenvalue weighted by molar-refractivity contribution is 14.1. The highest BCUT2D eigenvalue weighted by Gasteiger charge is 2.06. The molecule has 4 heteroatoms. The molecule has 0 unspecified atom stereocenters. The van der Waals surface area contributed by atoms with Crippen molar-refractivity contribution in [2.24, 2.45) is 0 Å². The van der Waals surface area contributed by atoms with E-state index in [0.29, 0.717) is 0 Å². The molecule has 2 aromatic heterocycles. The number of fused-ring (bicyclic) bond motifs is 2. The summed E-state index contributed by atoms with van der Waals surface area (Å²) in [7, 11) is 0. The molecule has 0 saturated heterocycles. The molecule has 0 spiro atoms. The number of aryl methyl sites for hydroxylation is 1. The van der Waals surface area contributed by atoms with Crippen molar-refractivity contribution >= 4 is 55.1 Å². The smallest absolute Gasteiger partial charge is 0.155 e. The van der Waals surface area contributed by atoms with Crippen LogP contribution in [-0.4, -0.2) is 4.98 Å². The number of rotatable bonds is 0. The molecule has 14 heavy (non-hydrogen) atoms. The minimum atomic E-state index is 0.928. The van der Waals surface area contributed by atoms with Gasteiger partial charge < -0.3 is 4.42 Å². The number of thiazole rings is 1. The molecule has 1 aromatic carbocycles. The van der Waals surface area contributed by atoms with Gasteiger partial charge in [0.15, 0.2) is 3.01 Å². The summed E-state index contributed by atoms with van der Waals surface area (Å²) in [5, 5.41) is 1.16. The summed E-state index contributed by atoms with van der Waals surface area (Å²) in [4.78, 5) is 4.42. The maximum atomic E-state index is 5.55. The van der Waals surface area contributed by atoms with Crippen molar-refractivity contribution in [1.29, 1.82) is 0 Å². The average Bonchev–Trinajstić information content (AvgIpc) is 2.59. The summed E-state index contributed by atoms with van der Waals surface area (Å²) in [6, 6.07) is 6.21. The Bertz CT molecular complexity index is 523. The number of hydrogen-bond donors (Lipinski definition) is 0. The Morgan fingerprint density at radius 3 is 3.07 bits per heavy atom. The summed E-state index contributed by atoms with van der Waals surface area (Å²) in [6.07, 6.45) is 0. The highest BCUT2D eigenvalue weighted by atomic mass is 127. The quantitative estimate of drug-likeness (QED) is 0.587. The topological polar surface area (TPSA) is 26.0 Å². The molecule has 0 N–H and O–H groups in total. The Balaban J connectivity index is 2.49. The second kappa shape index (κ2) is 2.93. The van der Waals surface area contributed by atoms with Crippen LogP contribution in [0.15, 0.2) is 22.6 Å². The van der Waals surface area contributed by atoms with Gasteiger partial charge in [0, 0.05) is 11.5 Å². The predicted molar refractivity (Wildman–Crippen MR) is 66.8 cm³/mol. The molecule has 0 aliphatic carbocycles. The monoisotopic (exact) mass is 315 g/mol. The van der Waals surface area contributed by atoms with Crippen molar-refractivity contribution in [3.63, 3.8) is 0 Å². The zero-order valence-corrected chi connectivity index (χ0v) is 10.3. The Labute approximate surface area is 98.1 Å². The van der Waals surface area contributed by atoms with Gasteiger partial charge in [-0.1, -0.05) is 0 Å². The van der Waals surface area contributed by atoms with Crippen LogP contribution < -0.4 is 0 Å². The van der Waals surface area contributed by atoms with Gasteiger partial charge in [-0.2, -0.15) is 0 Å². The molecule has 3 rings (SSSR count). The number of halogens is 1. The maximum Gasteiger partial charge on any atom is 0.155 e. The molecule has 2 nitrogen and oxygen atoms in total. The molecule has 0 aliphatic heterocycles. The first-order valence-electron chi connectivity index (χ1n) is 4.18. The zero-order valence-electron chi connectivity index (χ0n) is 7.37. The van der Waals surface area contributed by atoms with Crippen molar-refractivity contribution in [2.75, 3.05) is 0 Å². The van der Waals surface area contributed by atoms with Gasteiger partial charge in [-0.3, -0.25) is 0 Å². The molecule has 0 bridgehead atoms. The lowest BCUT2D eigenvalue weighted by molar-refractivity contribution is 0.579. The van der Waals surface area contributed by atoms with Crippen molar-refractivity contribution < 1.29 is 4.42 Å². The lowest BCUT2D eigenvalue weighted by atomic mass is 10.2. The maximum absolute atomic E-state index is 5.55. The Kier molecular flexibility index (Phi) is 1.82. The standard InChI is InChI=1S/C10H6INOS/c1-5-2-6-3-9-7(4-8(6)13-5)12-10(11)14-9/h2-4H,1H3. The van der Waals surface area contributed by atoms with Gasteiger partial charge in [-0.25, -0.2) is 4.98 Å². The molecular formula is C10H6INOS. The van der Waals surface area contributed by atoms with E-state index in [1.807, 2.05) is 13.0 Å². The lowest BCUT2D eigenvalue weighted by Gasteiger charge is -1.87. The molecule has 3 aromatic rings. The van der Waals surface area contributed by atoms with E-state index >= 15 is 0 Å². The van der Waals surface area contributed by atoms with Gasteiger partial charge in [0.1, 0.15) is 11.3 Å². The minimum Gasteiger partial charge on any atom is -0.461 e. The largest absolute Gasteiger partial charge is 0.461 e. The van der Waals surface area contributed by atoms with E-state index in [1.165, 1.54) is 4.70 Å². The minimum absolute atomic E-state index is 0.928. The molecule has 0 fully saturated rings. The van der Waals surface area contributed by atoms with Crippen LogP contribution in [0.3, 0.4) is 0 Å². The van der Waals surface area contributed by atoms with Gasteiger partial charge in [0.2, 0.25) is 0 Å². The Hall–Kier alpha value is -0.620. The molecular weight excluding hydrogens is 309 g/mol. The van der Waals surface area contributed by atoms with Gasteiger partial charge in [-0.15, -0.1) is 11.3 Å². The van der Waals surface area contributed by atoms with Crippen LogP contribution in [-0.2, 0) is 0 Å². The third kappa shape index (κ3) is 1.25. The zero-order chi connectivity index (χ0) is 9.71. The van der Waals surface area contributed by atoms with Crippen LogP contribution in [0.1, 0.15) is 5.76 Å². The summed E-state index contributed by atoms with van der Waals surface area (Å²) < 4.78 is 7.84. The van der Waals surface area contributed by atoms with Gasteiger partial charge in [-0.05, 0) is 41.6 Å². The normalized spacial score (nSPS) is 11.6. The first-order valence-corrected chi connectivity index (χ1v) is 6.08. The summed E-state index contributed by atoms with van der Waals surface area (Å²) in [6.45, 7) is 1.96. The molecule has 0 atom stereocenters. The first kappa shape index (κ1) is 8.67. The van der Waals surface area contributed by atoms with Crippen molar-refractivity contribution in [1.82, 2.24) is 4.98 Å². The second-order valence-electron chi connectivity index (χ2n) is 3.18. The van der Waals surface area contributed by atoms with Gasteiger partial charge >= 0.3 is 0 Å². The van der Waals surface area contributed by atoms with Gasteiger partial charge in [0.25, 0.3) is 0 Å². The van der Waals surface area contributed by atoms with Crippen LogP contribution >= 0.6 is 33.9 Å². The Morgan fingerprint density at radius 1 is 1.36 bits per heavy atom. The van der Waals surface area contributed by atoms with Crippen molar-refractivity contribution in [3.05, 3.63) is 27.0 Å². The van der Waals surface area contributed by atoms with Crippen LogP contribution in [0.2, 0.25) is 0 Å². The van der Waals surface area contributed by atoms with E-state index < -0.39 is 0 Å². The van der Waals surface area contributed by atoms with Crippen LogP contribution in [0.25, 0.3) is 21.2 Å². The summed E-state index contributed by atoms with van der Waals surface area (Å²) in [5.41, 5.74) is 1.96. The molecule has 0 saturated carbocycles. The SMILES string of the molecule is Cc1cc2cc3sc(I)nc3cc2o1. The van der Waals surface area contributed by atoms with E-state index in [4.69, 9.17) is 4.42 Å². The van der Waals surface area contributed by atoms with E-state index in [-0.39, 0.29) is 0 Å². The lowest BCUT2D eigenvalue weighted by Crippen LogP contribution is -1.67. The first-order chi connectivity index (χ1) is 6.72. The third-order valence-electron chi connectivity index (χ3n) is 2.12. The fraction of sp³-hybridized carbons (Fsp3) is 0.100. The number of nitrogens with zero attached hydrogens (tertiary/aromatic N) is 1. The van der Waals surface area contributed by atoms with E-state index in [9.17, 15) is 0 Å². The van der Waals surface area contributed by atoms with E-state index in [2.05, 4.69) is 39.7 Å². The molecule has 2 heterocycles. The molecule has 0 aliphatic rings. The number of benzene rings is 1. The molecule has 0 radical (unpaired) electrons. The van der Waals surface area contributed by atoms with Crippen LogP contribution in [0, 0.1) is 9.94 Å². The highest BCUT2D eigenvalue weighted by Crippen LogP contribution is 2.29. The van der Waals surface area contributed by atoms with E-state index in [1.54, 1.807) is 11.3 Å². The number of aromatic nitrogens is 1. The molecule has 70 valence electrons. The fourth-order valence-electron chi connectivity index (χ4n) is 1.57. The van der Waals surface area contributed by atoms with Crippen molar-refractivity contribution in [2.45, 2.75) is 6.92 Å². The number of hydrogen-bond acceptors (Lipinski definition) is 3.